The normalized spacial score (nSPS) is 13.7. The average Bonchev–Trinajstić information content (AvgIpc) is 3.49. The summed E-state index contributed by atoms with van der Waals surface area (Å²) in [7, 11) is -3.49. The lowest BCUT2D eigenvalue weighted by Crippen LogP contribution is -2.14. The lowest BCUT2D eigenvalue weighted by Gasteiger charge is -2.08. The first-order chi connectivity index (χ1) is 14.8. The van der Waals surface area contributed by atoms with Crippen molar-refractivity contribution in [3.63, 3.8) is 0 Å². The molecule has 7 nitrogen and oxygen atoms in total. The number of nitrogens with zero attached hydrogens (tertiary/aromatic N) is 1. The number of benzene rings is 2. The van der Waals surface area contributed by atoms with E-state index in [2.05, 4.69) is 5.16 Å². The molecule has 31 heavy (non-hydrogen) atoms. The van der Waals surface area contributed by atoms with Gasteiger partial charge in [-0.1, -0.05) is 47.1 Å². The lowest BCUT2D eigenvalue weighted by molar-refractivity contribution is 0.0458. The standard InChI is InChI=1S/C22H18ClNO6S/c1-31(27,28)15-9-10-16(17(23)11-15)20(25)18-19(24-30-21(18)14-7-8-14)22(26)29-12-13-5-3-2-4-6-13/h2-6,9-11,14H,7-8,12H2,1H3. The fourth-order valence-electron chi connectivity index (χ4n) is 3.12. The van der Waals surface area contributed by atoms with Crippen LogP contribution in [0.1, 0.15) is 56.5 Å². The van der Waals surface area contributed by atoms with Gasteiger partial charge in [-0.25, -0.2) is 13.2 Å². The number of hydrogen-bond donors (Lipinski definition) is 0. The Kier molecular flexibility index (Phi) is 5.68. The monoisotopic (exact) mass is 459 g/mol. The first-order valence-electron chi connectivity index (χ1n) is 9.50. The van der Waals surface area contributed by atoms with Crippen molar-refractivity contribution in [3.8, 4) is 0 Å². The van der Waals surface area contributed by atoms with Gasteiger partial charge in [0.25, 0.3) is 0 Å². The predicted octanol–water partition coefficient (Wildman–Crippen LogP) is 4.20. The third-order valence-corrected chi connectivity index (χ3v) is 6.34. The number of hydrogen-bond acceptors (Lipinski definition) is 7. The highest BCUT2D eigenvalue weighted by atomic mass is 35.5. The summed E-state index contributed by atoms with van der Waals surface area (Å²) in [5.41, 5.74) is 0.631. The van der Waals surface area contributed by atoms with Crippen molar-refractivity contribution in [2.75, 3.05) is 6.26 Å². The van der Waals surface area contributed by atoms with Crippen LogP contribution in [-0.2, 0) is 21.2 Å². The Bertz CT molecular complexity index is 1260. The number of carbonyl (C=O) groups excluding carboxylic acids is 2. The van der Waals surface area contributed by atoms with Gasteiger partial charge in [-0.2, -0.15) is 0 Å². The fraction of sp³-hybridized carbons (Fsp3) is 0.227. The molecular weight excluding hydrogens is 442 g/mol. The molecule has 0 spiro atoms. The Morgan fingerprint density at radius 1 is 1.16 bits per heavy atom. The van der Waals surface area contributed by atoms with E-state index in [4.69, 9.17) is 20.9 Å². The Balaban J connectivity index is 1.66. The summed E-state index contributed by atoms with van der Waals surface area (Å²) in [6.07, 6.45) is 2.68. The highest BCUT2D eigenvalue weighted by Gasteiger charge is 2.38. The minimum Gasteiger partial charge on any atom is -0.456 e. The van der Waals surface area contributed by atoms with Crippen LogP contribution in [0.25, 0.3) is 0 Å². The number of halogens is 1. The van der Waals surface area contributed by atoms with Crippen LogP contribution in [0, 0.1) is 0 Å². The van der Waals surface area contributed by atoms with Crippen molar-refractivity contribution in [3.05, 3.63) is 81.7 Å². The molecular formula is C22H18ClNO6S. The van der Waals surface area contributed by atoms with E-state index in [1.54, 1.807) is 12.1 Å². The maximum Gasteiger partial charge on any atom is 0.361 e. The summed E-state index contributed by atoms with van der Waals surface area (Å²) in [4.78, 5) is 26.0. The molecule has 2 aromatic carbocycles. The molecule has 1 saturated carbocycles. The minimum absolute atomic E-state index is 0.00353. The van der Waals surface area contributed by atoms with Gasteiger partial charge in [0.15, 0.2) is 15.6 Å². The second-order valence-corrected chi connectivity index (χ2v) is 9.77. The molecule has 0 N–H and O–H groups in total. The number of esters is 1. The average molecular weight is 460 g/mol. The third kappa shape index (κ3) is 4.55. The number of rotatable bonds is 7. The van der Waals surface area contributed by atoms with E-state index >= 15 is 0 Å². The lowest BCUT2D eigenvalue weighted by atomic mass is 9.99. The number of ketones is 1. The molecule has 160 valence electrons. The quantitative estimate of drug-likeness (QED) is 0.385. The minimum atomic E-state index is -3.49. The molecule has 1 aliphatic rings. The molecule has 4 rings (SSSR count). The largest absolute Gasteiger partial charge is 0.456 e. The molecule has 0 radical (unpaired) electrons. The first kappa shape index (κ1) is 21.3. The molecule has 1 heterocycles. The first-order valence-corrected chi connectivity index (χ1v) is 11.8. The molecule has 3 aromatic rings. The van der Waals surface area contributed by atoms with Crippen molar-refractivity contribution in [2.24, 2.45) is 0 Å². The van der Waals surface area contributed by atoms with Crippen LogP contribution in [0.2, 0.25) is 5.02 Å². The Labute approximate surface area is 183 Å². The zero-order valence-corrected chi connectivity index (χ0v) is 18.1. The third-order valence-electron chi connectivity index (χ3n) is 4.91. The highest BCUT2D eigenvalue weighted by Crippen LogP contribution is 2.43. The van der Waals surface area contributed by atoms with E-state index in [0.717, 1.165) is 24.7 Å². The van der Waals surface area contributed by atoms with Crippen LogP contribution in [0.4, 0.5) is 0 Å². The van der Waals surface area contributed by atoms with Crippen LogP contribution in [0.3, 0.4) is 0 Å². The van der Waals surface area contributed by atoms with Gasteiger partial charge in [0.05, 0.1) is 9.92 Å². The zero-order chi connectivity index (χ0) is 22.2. The molecule has 0 unspecified atom stereocenters. The van der Waals surface area contributed by atoms with Gasteiger partial charge in [0.2, 0.25) is 11.5 Å². The second-order valence-electron chi connectivity index (χ2n) is 7.35. The molecule has 1 aliphatic carbocycles. The van der Waals surface area contributed by atoms with Gasteiger partial charge in [-0.15, -0.1) is 0 Å². The number of sulfone groups is 1. The van der Waals surface area contributed by atoms with Gasteiger partial charge < -0.3 is 9.26 Å². The Morgan fingerprint density at radius 3 is 2.48 bits per heavy atom. The van der Waals surface area contributed by atoms with E-state index in [9.17, 15) is 18.0 Å². The van der Waals surface area contributed by atoms with Crippen LogP contribution >= 0.6 is 11.6 Å². The van der Waals surface area contributed by atoms with Crippen molar-refractivity contribution in [1.29, 1.82) is 0 Å². The van der Waals surface area contributed by atoms with Crippen LogP contribution in [0.15, 0.2) is 57.9 Å². The predicted molar refractivity (Wildman–Crippen MR) is 112 cm³/mol. The number of ether oxygens (including phenoxy) is 1. The highest BCUT2D eigenvalue weighted by molar-refractivity contribution is 7.90. The summed E-state index contributed by atoms with van der Waals surface area (Å²) in [6, 6.07) is 12.9. The fourth-order valence-corrected chi connectivity index (χ4v) is 4.10. The molecule has 0 amide bonds. The molecule has 1 fully saturated rings. The number of carbonyl (C=O) groups is 2. The van der Waals surface area contributed by atoms with Crippen molar-refractivity contribution >= 4 is 33.2 Å². The van der Waals surface area contributed by atoms with Gasteiger partial charge >= 0.3 is 5.97 Å². The summed E-state index contributed by atoms with van der Waals surface area (Å²) in [5, 5.41) is 3.77. The van der Waals surface area contributed by atoms with Crippen molar-refractivity contribution < 1.29 is 27.3 Å². The Morgan fingerprint density at radius 2 is 1.87 bits per heavy atom. The molecule has 1 aromatic heterocycles. The van der Waals surface area contributed by atoms with E-state index in [0.29, 0.717) is 5.76 Å². The van der Waals surface area contributed by atoms with Crippen LogP contribution < -0.4 is 0 Å². The zero-order valence-electron chi connectivity index (χ0n) is 16.5. The van der Waals surface area contributed by atoms with Crippen LogP contribution in [-0.4, -0.2) is 31.6 Å². The van der Waals surface area contributed by atoms with E-state index in [1.165, 1.54) is 18.2 Å². The molecule has 0 bridgehead atoms. The number of aromatic nitrogens is 1. The summed E-state index contributed by atoms with van der Waals surface area (Å²) in [6.45, 7) is 0.0166. The summed E-state index contributed by atoms with van der Waals surface area (Å²) in [5.74, 6) is -1.04. The van der Waals surface area contributed by atoms with E-state index in [-0.39, 0.29) is 39.3 Å². The molecule has 0 aliphatic heterocycles. The molecule has 0 atom stereocenters. The van der Waals surface area contributed by atoms with Gasteiger partial charge in [-0.3, -0.25) is 4.79 Å². The van der Waals surface area contributed by atoms with E-state index in [1.807, 2.05) is 18.2 Å². The summed E-state index contributed by atoms with van der Waals surface area (Å²) < 4.78 is 34.2. The molecule has 0 saturated heterocycles. The topological polar surface area (TPSA) is 104 Å². The summed E-state index contributed by atoms with van der Waals surface area (Å²) >= 11 is 6.22. The molecule has 9 heteroatoms. The van der Waals surface area contributed by atoms with Gasteiger partial charge in [-0.05, 0) is 36.6 Å². The smallest absolute Gasteiger partial charge is 0.361 e. The van der Waals surface area contributed by atoms with Crippen LogP contribution in [0.5, 0.6) is 0 Å². The second kappa shape index (κ2) is 8.28. The van der Waals surface area contributed by atoms with Gasteiger partial charge in [0, 0.05) is 17.7 Å². The van der Waals surface area contributed by atoms with Crippen molar-refractivity contribution in [1.82, 2.24) is 5.16 Å². The van der Waals surface area contributed by atoms with E-state index < -0.39 is 21.6 Å². The SMILES string of the molecule is CS(=O)(=O)c1ccc(C(=O)c2c(C(=O)OCc3ccccc3)noc2C2CC2)c(Cl)c1. The maximum atomic E-state index is 13.3. The maximum absolute atomic E-state index is 13.3. The van der Waals surface area contributed by atoms with Gasteiger partial charge in [0.1, 0.15) is 12.2 Å². The van der Waals surface area contributed by atoms with Crippen molar-refractivity contribution in [2.45, 2.75) is 30.3 Å². The Hall–Kier alpha value is -2.97.